The van der Waals surface area contributed by atoms with Crippen molar-refractivity contribution in [1.82, 2.24) is 15.6 Å². The zero-order chi connectivity index (χ0) is 20.3. The van der Waals surface area contributed by atoms with Crippen LogP contribution < -0.4 is 15.4 Å². The van der Waals surface area contributed by atoms with Gasteiger partial charge in [-0.25, -0.2) is 0 Å². The van der Waals surface area contributed by atoms with Crippen LogP contribution in [0.25, 0.3) is 0 Å². The van der Waals surface area contributed by atoms with Gasteiger partial charge in [0, 0.05) is 31.4 Å². The van der Waals surface area contributed by atoms with Crippen LogP contribution in [0.2, 0.25) is 5.02 Å². The standard InChI is InChI=1S/C23H25ClN4O/c1-25-23(27-15-13-18-5-9-20(24)10-6-18)28-16-19-7-11-22(12-8-19)29-17-21-4-2-3-14-26-21/h2-12,14H,13,15-17H2,1H3,(H2,25,27,28). The van der Waals surface area contributed by atoms with Crippen molar-refractivity contribution in [2.45, 2.75) is 19.6 Å². The molecular weight excluding hydrogens is 384 g/mol. The first kappa shape index (κ1) is 20.7. The molecule has 0 amide bonds. The Morgan fingerprint density at radius 1 is 0.966 bits per heavy atom. The average molecular weight is 409 g/mol. The highest BCUT2D eigenvalue weighted by Gasteiger charge is 2.01. The second-order valence-electron chi connectivity index (χ2n) is 6.48. The summed E-state index contributed by atoms with van der Waals surface area (Å²) in [5.41, 5.74) is 3.29. The van der Waals surface area contributed by atoms with Crippen LogP contribution in [0.3, 0.4) is 0 Å². The Hall–Kier alpha value is -3.05. The third-order valence-electron chi connectivity index (χ3n) is 4.34. The normalized spacial score (nSPS) is 11.2. The largest absolute Gasteiger partial charge is 0.487 e. The van der Waals surface area contributed by atoms with Crippen molar-refractivity contribution in [3.63, 3.8) is 0 Å². The van der Waals surface area contributed by atoms with Crippen LogP contribution in [-0.2, 0) is 19.6 Å². The van der Waals surface area contributed by atoms with Crippen LogP contribution in [-0.4, -0.2) is 24.5 Å². The summed E-state index contributed by atoms with van der Waals surface area (Å²) in [5.74, 6) is 1.60. The Morgan fingerprint density at radius 2 is 1.72 bits per heavy atom. The molecule has 0 fully saturated rings. The van der Waals surface area contributed by atoms with E-state index in [0.29, 0.717) is 13.2 Å². The van der Waals surface area contributed by atoms with E-state index >= 15 is 0 Å². The molecule has 0 bridgehead atoms. The number of nitrogens with zero attached hydrogens (tertiary/aromatic N) is 2. The van der Waals surface area contributed by atoms with Gasteiger partial charge in [-0.1, -0.05) is 41.9 Å². The lowest BCUT2D eigenvalue weighted by atomic mass is 10.1. The molecule has 0 spiro atoms. The highest BCUT2D eigenvalue weighted by molar-refractivity contribution is 6.30. The summed E-state index contributed by atoms with van der Waals surface area (Å²) in [5, 5.41) is 7.41. The lowest BCUT2D eigenvalue weighted by Crippen LogP contribution is -2.37. The van der Waals surface area contributed by atoms with Gasteiger partial charge >= 0.3 is 0 Å². The number of guanidine groups is 1. The number of hydrogen-bond acceptors (Lipinski definition) is 3. The van der Waals surface area contributed by atoms with Gasteiger partial charge in [-0.15, -0.1) is 0 Å². The molecule has 2 aromatic carbocycles. The molecule has 6 heteroatoms. The fourth-order valence-electron chi connectivity index (χ4n) is 2.73. The number of hydrogen-bond donors (Lipinski definition) is 2. The highest BCUT2D eigenvalue weighted by atomic mass is 35.5. The Bertz CT molecular complexity index is 896. The molecule has 0 saturated heterocycles. The average Bonchev–Trinajstić information content (AvgIpc) is 2.77. The third-order valence-corrected chi connectivity index (χ3v) is 4.59. The molecular formula is C23H25ClN4O. The molecule has 2 N–H and O–H groups in total. The van der Waals surface area contributed by atoms with Gasteiger partial charge in [-0.3, -0.25) is 9.98 Å². The van der Waals surface area contributed by atoms with E-state index in [2.05, 4.69) is 20.6 Å². The number of benzene rings is 2. The van der Waals surface area contributed by atoms with Crippen molar-refractivity contribution in [1.29, 1.82) is 0 Å². The summed E-state index contributed by atoms with van der Waals surface area (Å²) in [4.78, 5) is 8.53. The fourth-order valence-corrected chi connectivity index (χ4v) is 2.85. The van der Waals surface area contributed by atoms with E-state index in [0.717, 1.165) is 41.0 Å². The maximum Gasteiger partial charge on any atom is 0.191 e. The van der Waals surface area contributed by atoms with E-state index < -0.39 is 0 Å². The first-order valence-corrected chi connectivity index (χ1v) is 9.91. The van der Waals surface area contributed by atoms with Gasteiger partial charge in [-0.05, 0) is 53.9 Å². The summed E-state index contributed by atoms with van der Waals surface area (Å²) in [6.07, 6.45) is 2.67. The van der Waals surface area contributed by atoms with Crippen LogP contribution in [0.1, 0.15) is 16.8 Å². The van der Waals surface area contributed by atoms with Gasteiger partial charge in [0.2, 0.25) is 0 Å². The smallest absolute Gasteiger partial charge is 0.191 e. The minimum atomic E-state index is 0.461. The van der Waals surface area contributed by atoms with E-state index in [-0.39, 0.29) is 0 Å². The van der Waals surface area contributed by atoms with Gasteiger partial charge in [0.25, 0.3) is 0 Å². The first-order chi connectivity index (χ1) is 14.2. The number of ether oxygens (including phenoxy) is 1. The summed E-state index contributed by atoms with van der Waals surface area (Å²) < 4.78 is 5.77. The summed E-state index contributed by atoms with van der Waals surface area (Å²) in [6.45, 7) is 1.94. The van der Waals surface area contributed by atoms with Crippen molar-refractivity contribution in [2.75, 3.05) is 13.6 Å². The quantitative estimate of drug-likeness (QED) is 0.432. The number of aromatic nitrogens is 1. The molecule has 5 nitrogen and oxygen atoms in total. The number of aliphatic imine (C=N–C) groups is 1. The van der Waals surface area contributed by atoms with Crippen LogP contribution in [0, 0.1) is 0 Å². The molecule has 1 aromatic heterocycles. The van der Waals surface area contributed by atoms with Crippen LogP contribution in [0.4, 0.5) is 0 Å². The lowest BCUT2D eigenvalue weighted by Gasteiger charge is -2.12. The summed E-state index contributed by atoms with van der Waals surface area (Å²) >= 11 is 5.92. The zero-order valence-electron chi connectivity index (χ0n) is 16.4. The molecule has 0 saturated carbocycles. The summed E-state index contributed by atoms with van der Waals surface area (Å²) in [7, 11) is 1.77. The van der Waals surface area contributed by atoms with Crippen molar-refractivity contribution >= 4 is 17.6 Å². The molecule has 3 aromatic rings. The van der Waals surface area contributed by atoms with Crippen molar-refractivity contribution < 1.29 is 4.74 Å². The Morgan fingerprint density at radius 3 is 2.41 bits per heavy atom. The molecule has 0 aliphatic heterocycles. The molecule has 0 unspecified atom stereocenters. The number of nitrogens with one attached hydrogen (secondary N) is 2. The molecule has 150 valence electrons. The third kappa shape index (κ3) is 7.12. The molecule has 0 aliphatic rings. The monoisotopic (exact) mass is 408 g/mol. The first-order valence-electron chi connectivity index (χ1n) is 9.53. The number of pyridine rings is 1. The Labute approximate surface area is 176 Å². The maximum atomic E-state index is 5.92. The number of rotatable bonds is 8. The fraction of sp³-hybridized carbons (Fsp3) is 0.217. The van der Waals surface area contributed by atoms with Crippen LogP contribution >= 0.6 is 11.6 Å². The second-order valence-corrected chi connectivity index (χ2v) is 6.92. The van der Waals surface area contributed by atoms with Crippen molar-refractivity contribution in [3.05, 3.63) is 94.8 Å². The Kier molecular flexibility index (Phi) is 7.90. The molecule has 0 radical (unpaired) electrons. The zero-order valence-corrected chi connectivity index (χ0v) is 17.2. The minimum Gasteiger partial charge on any atom is -0.487 e. The maximum absolute atomic E-state index is 5.92. The van der Waals surface area contributed by atoms with E-state index in [1.165, 1.54) is 5.56 Å². The van der Waals surface area contributed by atoms with E-state index in [1.807, 2.05) is 66.7 Å². The molecule has 29 heavy (non-hydrogen) atoms. The molecule has 0 aliphatic carbocycles. The van der Waals surface area contributed by atoms with Crippen molar-refractivity contribution in [3.8, 4) is 5.75 Å². The van der Waals surface area contributed by atoms with Gasteiger partial charge in [0.15, 0.2) is 5.96 Å². The van der Waals surface area contributed by atoms with Crippen LogP contribution in [0.15, 0.2) is 77.9 Å². The van der Waals surface area contributed by atoms with Gasteiger partial charge in [0.05, 0.1) is 5.69 Å². The lowest BCUT2D eigenvalue weighted by molar-refractivity contribution is 0.301. The second kappa shape index (κ2) is 11.1. The van der Waals surface area contributed by atoms with Gasteiger partial charge in [0.1, 0.15) is 12.4 Å². The topological polar surface area (TPSA) is 58.5 Å². The predicted molar refractivity (Wildman–Crippen MR) is 118 cm³/mol. The molecule has 1 heterocycles. The van der Waals surface area contributed by atoms with Gasteiger partial charge < -0.3 is 15.4 Å². The van der Waals surface area contributed by atoms with E-state index in [9.17, 15) is 0 Å². The highest BCUT2D eigenvalue weighted by Crippen LogP contribution is 2.14. The molecule has 0 atom stereocenters. The number of halogens is 1. The minimum absolute atomic E-state index is 0.461. The predicted octanol–water partition coefficient (Wildman–Crippen LogP) is 4.22. The van der Waals surface area contributed by atoms with E-state index in [4.69, 9.17) is 16.3 Å². The van der Waals surface area contributed by atoms with Crippen molar-refractivity contribution in [2.24, 2.45) is 4.99 Å². The Balaban J connectivity index is 1.40. The van der Waals surface area contributed by atoms with Gasteiger partial charge in [-0.2, -0.15) is 0 Å². The molecule has 3 rings (SSSR count). The van der Waals surface area contributed by atoms with E-state index in [1.54, 1.807) is 13.2 Å². The van der Waals surface area contributed by atoms with Crippen LogP contribution in [0.5, 0.6) is 5.75 Å². The summed E-state index contributed by atoms with van der Waals surface area (Å²) in [6, 6.07) is 21.7. The SMILES string of the molecule is CN=C(NCCc1ccc(Cl)cc1)NCc1ccc(OCc2ccccn2)cc1.